The van der Waals surface area contributed by atoms with Gasteiger partial charge in [0, 0.05) is 0 Å². The summed E-state index contributed by atoms with van der Waals surface area (Å²) in [4.78, 5) is 22.9. The van der Waals surface area contributed by atoms with E-state index >= 15 is 0 Å². The van der Waals surface area contributed by atoms with Gasteiger partial charge in [-0.2, -0.15) is 0 Å². The van der Waals surface area contributed by atoms with E-state index in [1.165, 1.54) is 0 Å². The van der Waals surface area contributed by atoms with Crippen LogP contribution in [0.1, 0.15) is 41.5 Å². The van der Waals surface area contributed by atoms with Gasteiger partial charge in [0.15, 0.2) is 0 Å². The molecule has 0 spiro atoms. The number of hydrogen-bond acceptors (Lipinski definition) is 5. The monoisotopic (exact) mass is 267 g/mol. The first-order chi connectivity index (χ1) is 6.92. The zero-order chi connectivity index (χ0) is 13.1. The van der Waals surface area contributed by atoms with Crippen molar-refractivity contribution in [2.45, 2.75) is 58.8 Å². The average molecular weight is 268 g/mol. The molecular weight excluding hydrogens is 246 g/mol. The highest BCUT2D eigenvalue weighted by Crippen LogP contribution is 2.11. The average Bonchev–Trinajstić information content (AvgIpc) is 1.96. The summed E-state index contributed by atoms with van der Waals surface area (Å²) in [7, 11) is 0. The van der Waals surface area contributed by atoms with Crippen molar-refractivity contribution in [3.8, 4) is 0 Å². The van der Waals surface area contributed by atoms with Crippen LogP contribution in [-0.4, -0.2) is 29.2 Å². The van der Waals surface area contributed by atoms with Crippen LogP contribution in [0.2, 0.25) is 0 Å². The maximum Gasteiger partial charge on any atom is 0.335 e. The van der Waals surface area contributed by atoms with Crippen molar-refractivity contribution in [3.05, 3.63) is 0 Å². The second-order valence-electron chi connectivity index (χ2n) is 5.54. The van der Waals surface area contributed by atoms with Crippen LogP contribution in [0.15, 0.2) is 0 Å². The van der Waals surface area contributed by atoms with Gasteiger partial charge in [0.25, 0.3) is 0 Å². The van der Waals surface area contributed by atoms with Gasteiger partial charge in [-0.15, -0.1) is 12.4 Å². The summed E-state index contributed by atoms with van der Waals surface area (Å²) in [6, 6.07) is -1.39. The van der Waals surface area contributed by atoms with Crippen molar-refractivity contribution in [1.82, 2.24) is 0 Å². The van der Waals surface area contributed by atoms with Gasteiger partial charge >= 0.3 is 11.9 Å². The van der Waals surface area contributed by atoms with Crippen LogP contribution in [-0.2, 0) is 19.1 Å². The fourth-order valence-corrected chi connectivity index (χ4v) is 0.827. The molecule has 0 aliphatic carbocycles. The molecule has 0 aromatic rings. The first kappa shape index (κ1) is 18.6. The number of esters is 2. The summed E-state index contributed by atoms with van der Waals surface area (Å²) in [5, 5.41) is 0. The molecule has 17 heavy (non-hydrogen) atoms. The van der Waals surface area contributed by atoms with Crippen LogP contribution in [0, 0.1) is 0 Å². The van der Waals surface area contributed by atoms with Gasteiger partial charge in [0.2, 0.25) is 6.04 Å². The highest BCUT2D eigenvalue weighted by Gasteiger charge is 2.31. The lowest BCUT2D eigenvalue weighted by Crippen LogP contribution is -2.46. The fourth-order valence-electron chi connectivity index (χ4n) is 0.827. The molecule has 0 bridgehead atoms. The molecule has 0 unspecified atom stereocenters. The van der Waals surface area contributed by atoms with Gasteiger partial charge in [0.05, 0.1) is 0 Å². The number of ether oxygens (including phenoxy) is 2. The molecule has 0 saturated carbocycles. The standard InChI is InChI=1S/C11H21NO4.ClH/c1-10(2,3)15-8(13)7(12)9(14)16-11(4,5)6;/h7H,12H2,1-6H3;1H. The molecule has 0 amide bonds. The molecule has 0 aromatic heterocycles. The molecule has 0 heterocycles. The SMILES string of the molecule is CC(C)(C)OC(=O)C(N)C(=O)OC(C)(C)C.Cl. The van der Waals surface area contributed by atoms with Crippen LogP contribution in [0.25, 0.3) is 0 Å². The molecule has 102 valence electrons. The number of nitrogens with two attached hydrogens (primary N) is 1. The van der Waals surface area contributed by atoms with Gasteiger partial charge in [-0.3, -0.25) is 0 Å². The fraction of sp³-hybridized carbons (Fsp3) is 0.818. The Morgan fingerprint density at radius 2 is 1.12 bits per heavy atom. The predicted octanol–water partition coefficient (Wildman–Crippen LogP) is 1.42. The Balaban J connectivity index is 0. The Kier molecular flexibility index (Phi) is 6.78. The van der Waals surface area contributed by atoms with Gasteiger partial charge in [-0.05, 0) is 41.5 Å². The van der Waals surface area contributed by atoms with E-state index < -0.39 is 29.2 Å². The summed E-state index contributed by atoms with van der Waals surface area (Å²) in [6.07, 6.45) is 0. The van der Waals surface area contributed by atoms with E-state index in [1.807, 2.05) is 0 Å². The number of hydrogen-bond donors (Lipinski definition) is 1. The predicted molar refractivity (Wildman–Crippen MR) is 66.9 cm³/mol. The second kappa shape index (κ2) is 6.21. The number of halogens is 1. The van der Waals surface area contributed by atoms with E-state index in [1.54, 1.807) is 41.5 Å². The minimum Gasteiger partial charge on any atom is -0.458 e. The minimum atomic E-state index is -1.39. The molecule has 0 radical (unpaired) electrons. The van der Waals surface area contributed by atoms with Crippen molar-refractivity contribution >= 4 is 24.3 Å². The molecule has 0 saturated heterocycles. The second-order valence-corrected chi connectivity index (χ2v) is 5.54. The Hall–Kier alpha value is -0.810. The largest absolute Gasteiger partial charge is 0.458 e. The molecule has 0 aliphatic rings. The third-order valence-corrected chi connectivity index (χ3v) is 1.32. The third kappa shape index (κ3) is 8.94. The summed E-state index contributed by atoms with van der Waals surface area (Å²) >= 11 is 0. The van der Waals surface area contributed by atoms with Gasteiger partial charge in [0.1, 0.15) is 11.2 Å². The molecule has 0 fully saturated rings. The van der Waals surface area contributed by atoms with Crippen LogP contribution >= 0.6 is 12.4 Å². The van der Waals surface area contributed by atoms with E-state index in [0.29, 0.717) is 0 Å². The molecule has 5 nitrogen and oxygen atoms in total. The zero-order valence-electron chi connectivity index (χ0n) is 11.2. The quantitative estimate of drug-likeness (QED) is 0.605. The number of rotatable bonds is 2. The van der Waals surface area contributed by atoms with Gasteiger partial charge in [-0.25, -0.2) is 9.59 Å². The summed E-state index contributed by atoms with van der Waals surface area (Å²) in [6.45, 7) is 10.2. The topological polar surface area (TPSA) is 78.6 Å². The maximum atomic E-state index is 11.4. The number of carbonyl (C=O) groups excluding carboxylic acids is 2. The smallest absolute Gasteiger partial charge is 0.335 e. The molecule has 6 heteroatoms. The Morgan fingerprint density at radius 3 is 1.29 bits per heavy atom. The zero-order valence-corrected chi connectivity index (χ0v) is 12.0. The normalized spacial score (nSPS) is 11.8. The lowest BCUT2D eigenvalue weighted by molar-refractivity contribution is -0.168. The van der Waals surface area contributed by atoms with Gasteiger partial charge < -0.3 is 15.2 Å². The van der Waals surface area contributed by atoms with E-state index in [0.717, 1.165) is 0 Å². The minimum absolute atomic E-state index is 0. The first-order valence-electron chi connectivity index (χ1n) is 5.14. The third-order valence-electron chi connectivity index (χ3n) is 1.32. The molecule has 0 aromatic carbocycles. The highest BCUT2D eigenvalue weighted by molar-refractivity contribution is 5.99. The van der Waals surface area contributed by atoms with E-state index in [9.17, 15) is 9.59 Å². The van der Waals surface area contributed by atoms with Crippen molar-refractivity contribution in [1.29, 1.82) is 0 Å². The van der Waals surface area contributed by atoms with Crippen molar-refractivity contribution < 1.29 is 19.1 Å². The van der Waals surface area contributed by atoms with Crippen LogP contribution in [0.3, 0.4) is 0 Å². The highest BCUT2D eigenvalue weighted by atomic mass is 35.5. The van der Waals surface area contributed by atoms with Crippen molar-refractivity contribution in [2.75, 3.05) is 0 Å². The number of carbonyl (C=O) groups is 2. The molecule has 0 aliphatic heterocycles. The van der Waals surface area contributed by atoms with Crippen LogP contribution in [0.5, 0.6) is 0 Å². The van der Waals surface area contributed by atoms with Crippen LogP contribution in [0.4, 0.5) is 0 Å². The van der Waals surface area contributed by atoms with E-state index in [4.69, 9.17) is 15.2 Å². The Labute approximate surface area is 108 Å². The maximum absolute atomic E-state index is 11.4. The lowest BCUT2D eigenvalue weighted by atomic mass is 10.1. The van der Waals surface area contributed by atoms with Crippen molar-refractivity contribution in [3.63, 3.8) is 0 Å². The Bertz CT molecular complexity index is 250. The van der Waals surface area contributed by atoms with E-state index in [-0.39, 0.29) is 12.4 Å². The summed E-state index contributed by atoms with van der Waals surface area (Å²) in [5.74, 6) is -1.55. The van der Waals surface area contributed by atoms with Gasteiger partial charge in [-0.1, -0.05) is 0 Å². The van der Waals surface area contributed by atoms with Crippen molar-refractivity contribution in [2.24, 2.45) is 5.73 Å². The summed E-state index contributed by atoms with van der Waals surface area (Å²) < 4.78 is 9.94. The first-order valence-corrected chi connectivity index (χ1v) is 5.14. The molecule has 2 N–H and O–H groups in total. The molecular formula is C11H22ClNO4. The molecule has 0 atom stereocenters. The molecule has 0 rings (SSSR count). The Morgan fingerprint density at radius 1 is 0.882 bits per heavy atom. The lowest BCUT2D eigenvalue weighted by Gasteiger charge is -2.24. The van der Waals surface area contributed by atoms with Crippen LogP contribution < -0.4 is 5.73 Å². The summed E-state index contributed by atoms with van der Waals surface area (Å²) in [5.41, 5.74) is 4.09. The van der Waals surface area contributed by atoms with E-state index in [2.05, 4.69) is 0 Å².